The third kappa shape index (κ3) is 5.42. The monoisotopic (exact) mass is 448 g/mol. The van der Waals surface area contributed by atoms with Crippen molar-refractivity contribution >= 4 is 46.4 Å². The van der Waals surface area contributed by atoms with Crippen LogP contribution >= 0.6 is 23.4 Å². The summed E-state index contributed by atoms with van der Waals surface area (Å²) in [5.74, 6) is -0.104. The maximum atomic E-state index is 12.4. The second-order valence-corrected chi connectivity index (χ2v) is 8.07. The summed E-state index contributed by atoms with van der Waals surface area (Å²) >= 11 is 6.96. The number of rotatable bonds is 5. The zero-order valence-electron chi connectivity index (χ0n) is 16.2. The second kappa shape index (κ2) is 9.64. The molecule has 0 aliphatic carbocycles. The van der Waals surface area contributed by atoms with E-state index in [1.54, 1.807) is 30.3 Å². The van der Waals surface area contributed by atoms with Gasteiger partial charge in [0.25, 0.3) is 11.8 Å². The molecule has 0 aromatic heterocycles. The molecule has 3 aromatic carbocycles. The molecule has 0 radical (unpaired) electrons. The van der Waals surface area contributed by atoms with Crippen LogP contribution in [0.15, 0.2) is 88.8 Å². The molecule has 3 aromatic rings. The molecule has 0 spiro atoms. The minimum atomic E-state index is -0.452. The quantitative estimate of drug-likeness (QED) is 0.536. The number of amidine groups is 1. The molecule has 1 fully saturated rings. The lowest BCUT2D eigenvalue weighted by molar-refractivity contribution is -0.115. The number of para-hydroxylation sites is 1. The number of hydrogen-bond acceptors (Lipinski definition) is 4. The third-order valence-corrected chi connectivity index (χ3v) is 5.55. The van der Waals surface area contributed by atoms with Gasteiger partial charge in [0, 0.05) is 16.1 Å². The van der Waals surface area contributed by atoms with Crippen molar-refractivity contribution in [1.82, 2.24) is 5.32 Å². The van der Waals surface area contributed by atoms with E-state index in [9.17, 15) is 9.59 Å². The Hall–Kier alpha value is -3.35. The van der Waals surface area contributed by atoms with Gasteiger partial charge in [-0.1, -0.05) is 60.1 Å². The lowest BCUT2D eigenvalue weighted by atomic mass is 10.2. The first-order valence-electron chi connectivity index (χ1n) is 9.44. The summed E-state index contributed by atoms with van der Waals surface area (Å²) in [6.45, 7) is 0.419. The van der Waals surface area contributed by atoms with Gasteiger partial charge in [0.15, 0.2) is 5.17 Å². The SMILES string of the molecule is O=C1NC(=NC(=O)c2ccc(Cl)cc2)S/C1=C\c1ccccc1OCc1ccccc1. The number of carbonyl (C=O) groups is 2. The van der Waals surface area contributed by atoms with Gasteiger partial charge in [0.1, 0.15) is 12.4 Å². The molecule has 1 aliphatic heterocycles. The average Bonchev–Trinajstić information content (AvgIpc) is 3.12. The van der Waals surface area contributed by atoms with Crippen LogP contribution in [0.1, 0.15) is 21.5 Å². The number of thioether (sulfide) groups is 1. The van der Waals surface area contributed by atoms with E-state index in [0.29, 0.717) is 27.8 Å². The molecule has 1 heterocycles. The van der Waals surface area contributed by atoms with Gasteiger partial charge >= 0.3 is 0 Å². The van der Waals surface area contributed by atoms with E-state index in [2.05, 4.69) is 10.3 Å². The summed E-state index contributed by atoms with van der Waals surface area (Å²) in [6, 6.07) is 23.7. The second-order valence-electron chi connectivity index (χ2n) is 6.61. The van der Waals surface area contributed by atoms with Crippen molar-refractivity contribution in [2.45, 2.75) is 6.61 Å². The van der Waals surface area contributed by atoms with Crippen LogP contribution in [0.25, 0.3) is 6.08 Å². The largest absolute Gasteiger partial charge is 0.488 e. The first-order chi connectivity index (χ1) is 15.1. The summed E-state index contributed by atoms with van der Waals surface area (Å²) in [7, 11) is 0. The smallest absolute Gasteiger partial charge is 0.279 e. The number of amides is 2. The fourth-order valence-corrected chi connectivity index (χ4v) is 3.77. The van der Waals surface area contributed by atoms with Crippen molar-refractivity contribution in [3.8, 4) is 5.75 Å². The zero-order chi connectivity index (χ0) is 21.6. The molecule has 0 atom stereocenters. The Morgan fingerprint density at radius 1 is 1.00 bits per heavy atom. The Morgan fingerprint density at radius 3 is 2.48 bits per heavy atom. The van der Waals surface area contributed by atoms with E-state index in [1.807, 2.05) is 54.6 Å². The predicted octanol–water partition coefficient (Wildman–Crippen LogP) is 5.32. The summed E-state index contributed by atoms with van der Waals surface area (Å²) < 4.78 is 5.95. The average molecular weight is 449 g/mol. The molecular weight excluding hydrogens is 432 g/mol. The Bertz CT molecular complexity index is 1170. The predicted molar refractivity (Wildman–Crippen MR) is 124 cm³/mol. The maximum Gasteiger partial charge on any atom is 0.279 e. The fraction of sp³-hybridized carbons (Fsp3) is 0.0417. The lowest BCUT2D eigenvalue weighted by Crippen LogP contribution is -2.20. The first kappa shape index (κ1) is 20.9. The van der Waals surface area contributed by atoms with Crippen LogP contribution in [0.4, 0.5) is 0 Å². The van der Waals surface area contributed by atoms with E-state index in [1.165, 1.54) is 0 Å². The Kier molecular flexibility index (Phi) is 6.50. The summed E-state index contributed by atoms with van der Waals surface area (Å²) in [6.07, 6.45) is 1.73. The van der Waals surface area contributed by atoms with Crippen LogP contribution in [-0.2, 0) is 11.4 Å². The van der Waals surface area contributed by atoms with Crippen molar-refractivity contribution in [2.75, 3.05) is 0 Å². The number of aliphatic imine (C=N–C) groups is 1. The standard InChI is InChI=1S/C24H17ClN2O3S/c25-19-12-10-17(11-13-19)22(28)26-24-27-23(29)21(31-24)14-18-8-4-5-9-20(18)30-15-16-6-2-1-3-7-16/h1-14H,15H2,(H,26,27,28,29)/b21-14-. The van der Waals surface area contributed by atoms with Gasteiger partial charge in [0.05, 0.1) is 4.91 Å². The molecule has 7 heteroatoms. The number of carbonyl (C=O) groups excluding carboxylic acids is 2. The normalized spacial score (nSPS) is 15.8. The molecule has 5 nitrogen and oxygen atoms in total. The van der Waals surface area contributed by atoms with E-state index in [0.717, 1.165) is 22.9 Å². The van der Waals surface area contributed by atoms with Gasteiger partial charge < -0.3 is 10.1 Å². The van der Waals surface area contributed by atoms with Crippen molar-refractivity contribution in [2.24, 2.45) is 4.99 Å². The van der Waals surface area contributed by atoms with Crippen LogP contribution < -0.4 is 10.1 Å². The molecule has 1 saturated heterocycles. The molecule has 2 amide bonds. The van der Waals surface area contributed by atoms with E-state index < -0.39 is 5.91 Å². The maximum absolute atomic E-state index is 12.4. The Morgan fingerprint density at radius 2 is 1.71 bits per heavy atom. The summed E-state index contributed by atoms with van der Waals surface area (Å²) in [5.41, 5.74) is 2.21. The van der Waals surface area contributed by atoms with Crippen LogP contribution in [0, 0.1) is 0 Å². The van der Waals surface area contributed by atoms with Gasteiger partial charge in [-0.3, -0.25) is 9.59 Å². The van der Waals surface area contributed by atoms with Crippen molar-refractivity contribution < 1.29 is 14.3 Å². The number of halogens is 1. The molecule has 0 saturated carbocycles. The van der Waals surface area contributed by atoms with Crippen molar-refractivity contribution in [3.05, 3.63) is 105 Å². The van der Waals surface area contributed by atoms with Gasteiger partial charge in [-0.2, -0.15) is 4.99 Å². The minimum Gasteiger partial charge on any atom is -0.488 e. The topological polar surface area (TPSA) is 67.8 Å². The Balaban J connectivity index is 1.50. The van der Waals surface area contributed by atoms with Gasteiger partial charge in [-0.25, -0.2) is 0 Å². The number of benzene rings is 3. The first-order valence-corrected chi connectivity index (χ1v) is 10.6. The highest BCUT2D eigenvalue weighted by molar-refractivity contribution is 8.18. The molecule has 1 N–H and O–H groups in total. The number of hydrogen-bond donors (Lipinski definition) is 1. The highest BCUT2D eigenvalue weighted by atomic mass is 35.5. The molecule has 0 unspecified atom stereocenters. The van der Waals surface area contributed by atoms with Gasteiger partial charge in [-0.05, 0) is 53.7 Å². The molecular formula is C24H17ClN2O3S. The van der Waals surface area contributed by atoms with E-state index >= 15 is 0 Å². The molecule has 1 aliphatic rings. The number of nitrogens with one attached hydrogen (secondary N) is 1. The van der Waals surface area contributed by atoms with Crippen LogP contribution in [0.3, 0.4) is 0 Å². The number of ether oxygens (including phenoxy) is 1. The number of nitrogens with zero attached hydrogens (tertiary/aromatic N) is 1. The molecule has 0 bridgehead atoms. The summed E-state index contributed by atoms with van der Waals surface area (Å²) in [5, 5.41) is 3.40. The fourth-order valence-electron chi connectivity index (χ4n) is 2.84. The highest BCUT2D eigenvalue weighted by Gasteiger charge is 2.25. The Labute approximate surface area is 188 Å². The molecule has 154 valence electrons. The van der Waals surface area contributed by atoms with Crippen LogP contribution in [0.5, 0.6) is 5.75 Å². The van der Waals surface area contributed by atoms with Crippen molar-refractivity contribution in [1.29, 1.82) is 0 Å². The molecule has 4 rings (SSSR count). The van der Waals surface area contributed by atoms with Crippen LogP contribution in [0.2, 0.25) is 5.02 Å². The molecule has 31 heavy (non-hydrogen) atoms. The highest BCUT2D eigenvalue weighted by Crippen LogP contribution is 2.30. The van der Waals surface area contributed by atoms with Crippen LogP contribution in [-0.4, -0.2) is 17.0 Å². The minimum absolute atomic E-state index is 0.235. The van der Waals surface area contributed by atoms with Gasteiger partial charge in [0.2, 0.25) is 0 Å². The van der Waals surface area contributed by atoms with E-state index in [4.69, 9.17) is 16.3 Å². The summed E-state index contributed by atoms with van der Waals surface area (Å²) in [4.78, 5) is 29.2. The lowest BCUT2D eigenvalue weighted by Gasteiger charge is -2.09. The van der Waals surface area contributed by atoms with E-state index in [-0.39, 0.29) is 11.1 Å². The van der Waals surface area contributed by atoms with Gasteiger partial charge in [-0.15, -0.1) is 0 Å². The van der Waals surface area contributed by atoms with Crippen molar-refractivity contribution in [3.63, 3.8) is 0 Å². The zero-order valence-corrected chi connectivity index (χ0v) is 17.8. The third-order valence-electron chi connectivity index (χ3n) is 4.39.